The molecule has 1 unspecified atom stereocenters. The second-order valence-corrected chi connectivity index (χ2v) is 3.72. The van der Waals surface area contributed by atoms with E-state index in [2.05, 4.69) is 10.6 Å². The average Bonchev–Trinajstić information content (AvgIpc) is 2.34. The first-order chi connectivity index (χ1) is 8.10. The maximum Gasteiger partial charge on any atom is 0.258 e. The lowest BCUT2D eigenvalue weighted by molar-refractivity contribution is 0.0943. The first kappa shape index (κ1) is 13.4. The molecule has 1 atom stereocenters. The smallest absolute Gasteiger partial charge is 0.258 e. The monoisotopic (exact) mass is 240 g/mol. The molecule has 0 fully saturated rings. The molecule has 0 heterocycles. The molecular formula is C12H17FN2O2. The number of nitrogens with one attached hydrogen (secondary N) is 2. The number of benzene rings is 1. The number of rotatable bonds is 5. The summed E-state index contributed by atoms with van der Waals surface area (Å²) in [5, 5.41) is 5.62. The standard InChI is InChI=1S/C12H17FN2O2/c1-8(14-2)7-15-12(16)11-9(13)5-4-6-10(11)17-3/h4-6,8,14H,7H2,1-3H3,(H,15,16). The molecule has 94 valence electrons. The maximum absolute atomic E-state index is 13.5. The first-order valence-electron chi connectivity index (χ1n) is 5.38. The summed E-state index contributed by atoms with van der Waals surface area (Å²) in [7, 11) is 3.20. The molecule has 0 radical (unpaired) electrons. The van der Waals surface area contributed by atoms with Crippen LogP contribution in [-0.4, -0.2) is 32.7 Å². The molecule has 0 aliphatic carbocycles. The fourth-order valence-electron chi connectivity index (χ4n) is 1.33. The molecule has 1 rings (SSSR count). The van der Waals surface area contributed by atoms with Crippen molar-refractivity contribution in [3.05, 3.63) is 29.6 Å². The molecule has 2 N–H and O–H groups in total. The zero-order valence-corrected chi connectivity index (χ0v) is 10.2. The van der Waals surface area contributed by atoms with Gasteiger partial charge in [-0.1, -0.05) is 6.07 Å². The molecule has 0 aliphatic heterocycles. The van der Waals surface area contributed by atoms with E-state index in [1.54, 1.807) is 13.1 Å². The number of hydrogen-bond acceptors (Lipinski definition) is 3. The predicted molar refractivity (Wildman–Crippen MR) is 63.8 cm³/mol. The van der Waals surface area contributed by atoms with Crippen molar-refractivity contribution in [2.45, 2.75) is 13.0 Å². The molecular weight excluding hydrogens is 223 g/mol. The summed E-state index contributed by atoms with van der Waals surface area (Å²) < 4.78 is 18.5. The fourth-order valence-corrected chi connectivity index (χ4v) is 1.33. The van der Waals surface area contributed by atoms with Gasteiger partial charge in [-0.05, 0) is 26.1 Å². The molecule has 0 saturated carbocycles. The second kappa shape index (κ2) is 6.20. The van der Waals surface area contributed by atoms with E-state index in [0.717, 1.165) is 0 Å². The van der Waals surface area contributed by atoms with Crippen LogP contribution in [-0.2, 0) is 0 Å². The van der Waals surface area contributed by atoms with E-state index in [-0.39, 0.29) is 17.4 Å². The summed E-state index contributed by atoms with van der Waals surface area (Å²) in [6, 6.07) is 4.41. The summed E-state index contributed by atoms with van der Waals surface area (Å²) in [6.07, 6.45) is 0. The molecule has 0 spiro atoms. The zero-order valence-electron chi connectivity index (χ0n) is 10.2. The van der Waals surface area contributed by atoms with Crippen molar-refractivity contribution in [3.8, 4) is 5.75 Å². The van der Waals surface area contributed by atoms with Gasteiger partial charge in [-0.15, -0.1) is 0 Å². The topological polar surface area (TPSA) is 50.4 Å². The van der Waals surface area contributed by atoms with Crippen LogP contribution in [0.1, 0.15) is 17.3 Å². The van der Waals surface area contributed by atoms with Gasteiger partial charge in [0.1, 0.15) is 17.1 Å². The van der Waals surface area contributed by atoms with Crippen LogP contribution in [0.4, 0.5) is 4.39 Å². The highest BCUT2D eigenvalue weighted by molar-refractivity contribution is 5.97. The van der Waals surface area contributed by atoms with Gasteiger partial charge in [0.15, 0.2) is 0 Å². The van der Waals surface area contributed by atoms with E-state index in [1.807, 2.05) is 6.92 Å². The third-order valence-corrected chi connectivity index (χ3v) is 2.48. The average molecular weight is 240 g/mol. The van der Waals surface area contributed by atoms with Gasteiger partial charge in [-0.2, -0.15) is 0 Å². The first-order valence-corrected chi connectivity index (χ1v) is 5.38. The molecule has 17 heavy (non-hydrogen) atoms. The minimum absolute atomic E-state index is 0.0571. The van der Waals surface area contributed by atoms with Crippen molar-refractivity contribution in [3.63, 3.8) is 0 Å². The van der Waals surface area contributed by atoms with E-state index >= 15 is 0 Å². The van der Waals surface area contributed by atoms with E-state index in [1.165, 1.54) is 19.2 Å². The normalized spacial score (nSPS) is 12.0. The van der Waals surface area contributed by atoms with Crippen LogP contribution in [0, 0.1) is 5.82 Å². The van der Waals surface area contributed by atoms with Gasteiger partial charge < -0.3 is 15.4 Å². The van der Waals surface area contributed by atoms with Gasteiger partial charge in [-0.25, -0.2) is 4.39 Å². The van der Waals surface area contributed by atoms with Crippen molar-refractivity contribution in [1.29, 1.82) is 0 Å². The highest BCUT2D eigenvalue weighted by Crippen LogP contribution is 2.20. The number of hydrogen-bond donors (Lipinski definition) is 2. The lowest BCUT2D eigenvalue weighted by Gasteiger charge is -2.13. The molecule has 0 bridgehead atoms. The quantitative estimate of drug-likeness (QED) is 0.812. The molecule has 1 aromatic carbocycles. The molecule has 5 heteroatoms. The third-order valence-electron chi connectivity index (χ3n) is 2.48. The Balaban J connectivity index is 2.81. The van der Waals surface area contributed by atoms with Gasteiger partial charge in [0.25, 0.3) is 5.91 Å². The van der Waals surface area contributed by atoms with Crippen molar-refractivity contribution >= 4 is 5.91 Å². The number of carbonyl (C=O) groups excluding carboxylic acids is 1. The minimum atomic E-state index is -0.584. The highest BCUT2D eigenvalue weighted by atomic mass is 19.1. The van der Waals surface area contributed by atoms with Crippen molar-refractivity contribution in [2.75, 3.05) is 20.7 Å². The molecule has 0 aliphatic rings. The summed E-state index contributed by atoms with van der Waals surface area (Å²) in [6.45, 7) is 2.34. The number of carbonyl (C=O) groups is 1. The fraction of sp³-hybridized carbons (Fsp3) is 0.417. The van der Waals surface area contributed by atoms with Crippen LogP contribution in [0.5, 0.6) is 5.75 Å². The number of amides is 1. The largest absolute Gasteiger partial charge is 0.496 e. The number of halogens is 1. The number of ether oxygens (including phenoxy) is 1. The molecule has 4 nitrogen and oxygen atoms in total. The van der Waals surface area contributed by atoms with E-state index in [0.29, 0.717) is 6.54 Å². The van der Waals surface area contributed by atoms with Gasteiger partial charge >= 0.3 is 0 Å². The SMILES string of the molecule is CNC(C)CNC(=O)c1c(F)cccc1OC. The van der Waals surface area contributed by atoms with Crippen LogP contribution in [0.3, 0.4) is 0 Å². The predicted octanol–water partition coefficient (Wildman–Crippen LogP) is 1.17. The Bertz CT molecular complexity index is 396. The van der Waals surface area contributed by atoms with Gasteiger partial charge in [0, 0.05) is 12.6 Å². The van der Waals surface area contributed by atoms with Crippen LogP contribution in [0.25, 0.3) is 0 Å². The van der Waals surface area contributed by atoms with E-state index in [9.17, 15) is 9.18 Å². The maximum atomic E-state index is 13.5. The molecule has 1 aromatic rings. The minimum Gasteiger partial charge on any atom is -0.496 e. The Morgan fingerprint density at radius 1 is 1.53 bits per heavy atom. The molecule has 0 saturated heterocycles. The van der Waals surface area contributed by atoms with E-state index in [4.69, 9.17) is 4.74 Å². The summed E-state index contributed by atoms with van der Waals surface area (Å²) in [5.41, 5.74) is -0.0571. The zero-order chi connectivity index (χ0) is 12.8. The van der Waals surface area contributed by atoms with Gasteiger partial charge in [-0.3, -0.25) is 4.79 Å². The van der Waals surface area contributed by atoms with Crippen LogP contribution < -0.4 is 15.4 Å². The highest BCUT2D eigenvalue weighted by Gasteiger charge is 2.17. The van der Waals surface area contributed by atoms with E-state index < -0.39 is 11.7 Å². The lowest BCUT2D eigenvalue weighted by atomic mass is 10.1. The Hall–Kier alpha value is -1.62. The van der Waals surface area contributed by atoms with Crippen molar-refractivity contribution in [2.24, 2.45) is 0 Å². The van der Waals surface area contributed by atoms with Crippen LogP contribution >= 0.6 is 0 Å². The number of methoxy groups -OCH3 is 1. The lowest BCUT2D eigenvalue weighted by Crippen LogP contribution is -2.37. The number of likely N-dealkylation sites (N-methyl/N-ethyl adjacent to an activating group) is 1. The summed E-state index contributed by atoms with van der Waals surface area (Å²) in [5.74, 6) is -0.819. The Morgan fingerprint density at radius 2 is 2.24 bits per heavy atom. The second-order valence-electron chi connectivity index (χ2n) is 3.72. The van der Waals surface area contributed by atoms with Gasteiger partial charge in [0.2, 0.25) is 0 Å². The Labute approximate surface area is 100 Å². The third kappa shape index (κ3) is 3.42. The van der Waals surface area contributed by atoms with Crippen molar-refractivity contribution < 1.29 is 13.9 Å². The summed E-state index contributed by atoms with van der Waals surface area (Å²) >= 11 is 0. The molecule has 1 amide bonds. The summed E-state index contributed by atoms with van der Waals surface area (Å²) in [4.78, 5) is 11.8. The Kier molecular flexibility index (Phi) is 4.90. The van der Waals surface area contributed by atoms with Crippen LogP contribution in [0.15, 0.2) is 18.2 Å². The van der Waals surface area contributed by atoms with Gasteiger partial charge in [0.05, 0.1) is 7.11 Å². The van der Waals surface area contributed by atoms with Crippen LogP contribution in [0.2, 0.25) is 0 Å². The van der Waals surface area contributed by atoms with Crippen molar-refractivity contribution in [1.82, 2.24) is 10.6 Å². The molecule has 0 aromatic heterocycles. The Morgan fingerprint density at radius 3 is 2.82 bits per heavy atom.